The summed E-state index contributed by atoms with van der Waals surface area (Å²) in [6.45, 7) is 3.75. The minimum Gasteiger partial charge on any atom is -0.487 e. The van der Waals surface area contributed by atoms with Gasteiger partial charge in [-0.1, -0.05) is 13.0 Å². The molecule has 1 aromatic carbocycles. The third-order valence-corrected chi connectivity index (χ3v) is 2.11. The summed E-state index contributed by atoms with van der Waals surface area (Å²) in [5.41, 5.74) is 1.02. The van der Waals surface area contributed by atoms with Crippen molar-refractivity contribution in [3.63, 3.8) is 0 Å². The van der Waals surface area contributed by atoms with E-state index >= 15 is 0 Å². The van der Waals surface area contributed by atoms with Gasteiger partial charge in [-0.25, -0.2) is 4.39 Å². The molecule has 0 aliphatic rings. The molecule has 0 heterocycles. The number of nitrogens with zero attached hydrogens (tertiary/aromatic N) is 1. The molecule has 0 fully saturated rings. The lowest BCUT2D eigenvalue weighted by Crippen LogP contribution is -2.11. The number of halogens is 1. The molecule has 80 valence electrons. The summed E-state index contributed by atoms with van der Waals surface area (Å²) in [6, 6.07) is 6.80. The minimum atomic E-state index is -0.378. The Labute approximate surface area is 89.3 Å². The normalized spacial score (nSPS) is 11.9. The van der Waals surface area contributed by atoms with Gasteiger partial charge in [0, 0.05) is 0 Å². The Morgan fingerprint density at radius 3 is 2.87 bits per heavy atom. The Hall–Kier alpha value is -1.56. The molecule has 2 nitrogen and oxygen atoms in total. The first-order valence-electron chi connectivity index (χ1n) is 4.99. The van der Waals surface area contributed by atoms with E-state index in [1.54, 1.807) is 19.1 Å². The number of aryl methyl sites for hydroxylation is 1. The predicted octanol–water partition coefficient (Wildman–Crippen LogP) is 3.07. The first-order valence-corrected chi connectivity index (χ1v) is 4.99. The van der Waals surface area contributed by atoms with Crippen molar-refractivity contribution in [3.05, 3.63) is 29.6 Å². The van der Waals surface area contributed by atoms with Crippen LogP contribution in [0.2, 0.25) is 0 Å². The molecular weight excluding hydrogens is 193 g/mol. The van der Waals surface area contributed by atoms with Gasteiger partial charge in [-0.3, -0.25) is 0 Å². The monoisotopic (exact) mass is 207 g/mol. The lowest BCUT2D eigenvalue weighted by Gasteiger charge is -2.12. The van der Waals surface area contributed by atoms with Crippen LogP contribution in [0.1, 0.15) is 25.8 Å². The highest BCUT2D eigenvalue weighted by Gasteiger charge is 2.08. The highest BCUT2D eigenvalue weighted by Crippen LogP contribution is 2.20. The first-order chi connectivity index (χ1) is 7.17. The van der Waals surface area contributed by atoms with E-state index in [4.69, 9.17) is 10.00 Å². The average Bonchev–Trinajstić information content (AvgIpc) is 2.21. The molecular formula is C12H14FNO. The van der Waals surface area contributed by atoms with Crippen LogP contribution >= 0.6 is 0 Å². The Morgan fingerprint density at radius 1 is 1.53 bits per heavy atom. The molecule has 0 amide bonds. The van der Waals surface area contributed by atoms with Crippen LogP contribution in [0.5, 0.6) is 5.75 Å². The summed E-state index contributed by atoms with van der Waals surface area (Å²) in [5, 5.41) is 8.46. The van der Waals surface area contributed by atoms with E-state index in [9.17, 15) is 4.39 Å². The number of ether oxygens (including phenoxy) is 1. The van der Waals surface area contributed by atoms with Crippen molar-refractivity contribution in [2.75, 3.05) is 0 Å². The molecule has 1 atom stereocenters. The molecule has 0 radical (unpaired) electrons. The van der Waals surface area contributed by atoms with Crippen molar-refractivity contribution < 1.29 is 9.13 Å². The lowest BCUT2D eigenvalue weighted by molar-refractivity contribution is 0.216. The molecule has 15 heavy (non-hydrogen) atoms. The summed E-state index contributed by atoms with van der Waals surface area (Å²) in [7, 11) is 0. The molecule has 0 saturated carbocycles. The second kappa shape index (κ2) is 5.35. The maximum absolute atomic E-state index is 13.3. The van der Waals surface area contributed by atoms with E-state index in [2.05, 4.69) is 0 Å². The van der Waals surface area contributed by atoms with E-state index in [1.807, 2.05) is 13.0 Å². The third-order valence-electron chi connectivity index (χ3n) is 2.11. The van der Waals surface area contributed by atoms with Crippen molar-refractivity contribution >= 4 is 0 Å². The maximum Gasteiger partial charge on any atom is 0.165 e. The Morgan fingerprint density at radius 2 is 2.27 bits per heavy atom. The predicted molar refractivity (Wildman–Crippen MR) is 56.1 cm³/mol. The lowest BCUT2D eigenvalue weighted by atomic mass is 10.1. The van der Waals surface area contributed by atoms with Gasteiger partial charge < -0.3 is 4.74 Å². The number of benzene rings is 1. The van der Waals surface area contributed by atoms with Crippen molar-refractivity contribution in [1.29, 1.82) is 5.26 Å². The van der Waals surface area contributed by atoms with Crippen LogP contribution in [-0.4, -0.2) is 6.10 Å². The van der Waals surface area contributed by atoms with Crippen molar-refractivity contribution in [2.45, 2.75) is 32.8 Å². The van der Waals surface area contributed by atoms with Gasteiger partial charge in [0.05, 0.1) is 12.5 Å². The van der Waals surface area contributed by atoms with Gasteiger partial charge >= 0.3 is 0 Å². The first kappa shape index (κ1) is 11.5. The standard InChI is InChI=1S/C12H14FNO/c1-3-10-4-5-11(13)12(8-10)15-9(2)6-7-14/h4-5,8-9H,3,6H2,1-2H3. The number of rotatable bonds is 4. The summed E-state index contributed by atoms with van der Waals surface area (Å²) in [4.78, 5) is 0. The van der Waals surface area contributed by atoms with Crippen LogP contribution in [0.15, 0.2) is 18.2 Å². The maximum atomic E-state index is 13.3. The van der Waals surface area contributed by atoms with Gasteiger partial charge in [-0.2, -0.15) is 5.26 Å². The van der Waals surface area contributed by atoms with Gasteiger partial charge in [0.25, 0.3) is 0 Å². The van der Waals surface area contributed by atoms with Crippen molar-refractivity contribution in [2.24, 2.45) is 0 Å². The van der Waals surface area contributed by atoms with E-state index in [1.165, 1.54) is 6.07 Å². The summed E-state index contributed by atoms with van der Waals surface area (Å²) in [5.74, 6) is -0.144. The van der Waals surface area contributed by atoms with Gasteiger partial charge in [0.1, 0.15) is 6.10 Å². The number of nitriles is 1. The molecule has 0 aliphatic heterocycles. The molecule has 0 aromatic heterocycles. The highest BCUT2D eigenvalue weighted by atomic mass is 19.1. The molecule has 1 unspecified atom stereocenters. The quantitative estimate of drug-likeness (QED) is 0.760. The summed E-state index contributed by atoms with van der Waals surface area (Å²) in [6.07, 6.45) is 0.815. The zero-order valence-corrected chi connectivity index (χ0v) is 8.96. The van der Waals surface area contributed by atoms with Crippen LogP contribution < -0.4 is 4.74 Å². The topological polar surface area (TPSA) is 33.0 Å². The molecule has 0 N–H and O–H groups in total. The molecule has 3 heteroatoms. The number of hydrogen-bond donors (Lipinski definition) is 0. The number of hydrogen-bond acceptors (Lipinski definition) is 2. The SMILES string of the molecule is CCc1ccc(F)c(OC(C)CC#N)c1. The second-order valence-electron chi connectivity index (χ2n) is 3.41. The van der Waals surface area contributed by atoms with E-state index < -0.39 is 0 Å². The fourth-order valence-corrected chi connectivity index (χ4v) is 1.24. The van der Waals surface area contributed by atoms with Gasteiger partial charge in [-0.15, -0.1) is 0 Å². The largest absolute Gasteiger partial charge is 0.487 e. The summed E-state index contributed by atoms with van der Waals surface area (Å²) < 4.78 is 18.6. The molecule has 1 rings (SSSR count). The average molecular weight is 207 g/mol. The van der Waals surface area contributed by atoms with E-state index in [0.717, 1.165) is 12.0 Å². The minimum absolute atomic E-state index is 0.233. The molecule has 0 spiro atoms. The Kier molecular flexibility index (Phi) is 4.11. The van der Waals surface area contributed by atoms with Gasteiger partial charge in [-0.05, 0) is 31.0 Å². The molecule has 0 saturated heterocycles. The molecule has 1 aromatic rings. The van der Waals surface area contributed by atoms with Crippen LogP contribution in [0, 0.1) is 17.1 Å². The third kappa shape index (κ3) is 3.25. The summed E-state index contributed by atoms with van der Waals surface area (Å²) >= 11 is 0. The second-order valence-corrected chi connectivity index (χ2v) is 3.41. The van der Waals surface area contributed by atoms with Crippen LogP contribution in [-0.2, 0) is 6.42 Å². The molecule has 0 aliphatic carbocycles. The fourth-order valence-electron chi connectivity index (χ4n) is 1.24. The van der Waals surface area contributed by atoms with Crippen molar-refractivity contribution in [1.82, 2.24) is 0 Å². The zero-order chi connectivity index (χ0) is 11.3. The Bertz CT molecular complexity index is 370. The van der Waals surface area contributed by atoms with Crippen LogP contribution in [0.4, 0.5) is 4.39 Å². The highest BCUT2D eigenvalue weighted by molar-refractivity contribution is 5.30. The van der Waals surface area contributed by atoms with E-state index in [-0.39, 0.29) is 24.1 Å². The van der Waals surface area contributed by atoms with Crippen LogP contribution in [0.3, 0.4) is 0 Å². The van der Waals surface area contributed by atoms with E-state index in [0.29, 0.717) is 0 Å². The van der Waals surface area contributed by atoms with Crippen molar-refractivity contribution in [3.8, 4) is 11.8 Å². The van der Waals surface area contributed by atoms with Gasteiger partial charge in [0.2, 0.25) is 0 Å². The smallest absolute Gasteiger partial charge is 0.165 e. The fraction of sp³-hybridized carbons (Fsp3) is 0.417. The molecule has 0 bridgehead atoms. The van der Waals surface area contributed by atoms with Crippen LogP contribution in [0.25, 0.3) is 0 Å². The van der Waals surface area contributed by atoms with Gasteiger partial charge in [0.15, 0.2) is 11.6 Å². The zero-order valence-electron chi connectivity index (χ0n) is 8.96. The Balaban J connectivity index is 2.79.